The molecule has 2 bridgehead atoms. The van der Waals surface area contributed by atoms with E-state index in [-0.39, 0.29) is 12.2 Å². The number of carboxylic acid groups (broad SMARTS) is 2. The summed E-state index contributed by atoms with van der Waals surface area (Å²) in [6, 6.07) is 0. The Hall–Kier alpha value is -1.39. The number of hydrogen-bond donors (Lipinski definition) is 2. The molecule has 3 saturated carbocycles. The second kappa shape index (κ2) is 3.56. The van der Waals surface area contributed by atoms with Gasteiger partial charge in [-0.25, -0.2) is 0 Å². The van der Waals surface area contributed by atoms with Crippen LogP contribution in [-0.2, 0) is 14.4 Å². The molecule has 0 aromatic rings. The van der Waals surface area contributed by atoms with Crippen molar-refractivity contribution >= 4 is 17.7 Å². The van der Waals surface area contributed by atoms with E-state index in [2.05, 4.69) is 0 Å². The predicted octanol–water partition coefficient (Wildman–Crippen LogP) is 1.41. The molecule has 3 rings (SSSR count). The van der Waals surface area contributed by atoms with Gasteiger partial charge in [0.1, 0.15) is 5.78 Å². The normalized spacial score (nSPS) is 41.7. The quantitative estimate of drug-likeness (QED) is 0.777. The fraction of sp³-hybridized carbons (Fsp3) is 0.769. The SMILES string of the molecule is CC1(C)C[C@@]2(C)CC(=O)[C@@H]1[C@H](C(=O)O)[C@@H]2C(=O)O. The maximum atomic E-state index is 12.1. The molecule has 0 heterocycles. The van der Waals surface area contributed by atoms with Gasteiger partial charge >= 0.3 is 11.9 Å². The summed E-state index contributed by atoms with van der Waals surface area (Å²) in [6.45, 7) is 5.46. The van der Waals surface area contributed by atoms with Crippen LogP contribution in [0.4, 0.5) is 0 Å². The average molecular weight is 254 g/mol. The van der Waals surface area contributed by atoms with Gasteiger partial charge < -0.3 is 10.2 Å². The first-order chi connectivity index (χ1) is 8.10. The summed E-state index contributed by atoms with van der Waals surface area (Å²) in [4.78, 5) is 34.9. The van der Waals surface area contributed by atoms with E-state index in [1.165, 1.54) is 0 Å². The number of ketones is 1. The van der Waals surface area contributed by atoms with Crippen LogP contribution in [0.5, 0.6) is 0 Å². The molecule has 3 aliphatic carbocycles. The summed E-state index contributed by atoms with van der Waals surface area (Å²) in [6.07, 6.45) is 0.763. The van der Waals surface area contributed by atoms with E-state index < -0.39 is 40.5 Å². The van der Waals surface area contributed by atoms with Crippen LogP contribution >= 0.6 is 0 Å². The number of hydrogen-bond acceptors (Lipinski definition) is 3. The molecular weight excluding hydrogens is 236 g/mol. The van der Waals surface area contributed by atoms with E-state index in [1.807, 2.05) is 13.8 Å². The maximum Gasteiger partial charge on any atom is 0.308 e. The van der Waals surface area contributed by atoms with Crippen LogP contribution in [-0.4, -0.2) is 27.9 Å². The minimum atomic E-state index is -1.17. The van der Waals surface area contributed by atoms with Crippen LogP contribution in [0.2, 0.25) is 0 Å². The van der Waals surface area contributed by atoms with Crippen molar-refractivity contribution in [2.45, 2.75) is 33.6 Å². The van der Waals surface area contributed by atoms with Crippen molar-refractivity contribution < 1.29 is 24.6 Å². The average Bonchev–Trinajstić information content (AvgIpc) is 2.10. The monoisotopic (exact) mass is 254 g/mol. The highest BCUT2D eigenvalue weighted by Gasteiger charge is 2.65. The van der Waals surface area contributed by atoms with Gasteiger partial charge in [0.05, 0.1) is 11.8 Å². The van der Waals surface area contributed by atoms with E-state index in [1.54, 1.807) is 6.92 Å². The van der Waals surface area contributed by atoms with E-state index in [0.29, 0.717) is 6.42 Å². The number of Topliss-reactive ketones (excluding diaryl/α,β-unsaturated/α-hetero) is 1. The molecule has 0 spiro atoms. The molecule has 3 fully saturated rings. The van der Waals surface area contributed by atoms with E-state index in [0.717, 1.165) is 0 Å². The summed E-state index contributed by atoms with van der Waals surface area (Å²) in [5, 5.41) is 18.7. The molecule has 0 unspecified atom stereocenters. The minimum Gasteiger partial charge on any atom is -0.481 e. The van der Waals surface area contributed by atoms with Crippen LogP contribution in [0.25, 0.3) is 0 Å². The Labute approximate surface area is 105 Å². The van der Waals surface area contributed by atoms with Crippen LogP contribution in [0.15, 0.2) is 0 Å². The van der Waals surface area contributed by atoms with Crippen LogP contribution in [0.3, 0.4) is 0 Å². The molecule has 0 aromatic carbocycles. The molecule has 3 aliphatic rings. The molecule has 0 saturated heterocycles. The Morgan fingerprint density at radius 1 is 1.17 bits per heavy atom. The highest BCUT2D eigenvalue weighted by Crippen LogP contribution is 2.62. The second-order valence-electron chi connectivity index (χ2n) is 6.62. The summed E-state index contributed by atoms with van der Waals surface area (Å²) in [7, 11) is 0. The van der Waals surface area contributed by atoms with Gasteiger partial charge in [0, 0.05) is 12.3 Å². The second-order valence-corrected chi connectivity index (χ2v) is 6.62. The highest BCUT2D eigenvalue weighted by atomic mass is 16.4. The third-order valence-electron chi connectivity index (χ3n) is 4.65. The predicted molar refractivity (Wildman–Crippen MR) is 61.9 cm³/mol. The Morgan fingerprint density at radius 2 is 1.72 bits per heavy atom. The summed E-state index contributed by atoms with van der Waals surface area (Å²) in [5.74, 6) is -5.11. The molecule has 2 N–H and O–H groups in total. The lowest BCUT2D eigenvalue weighted by atomic mass is 9.43. The zero-order valence-corrected chi connectivity index (χ0v) is 10.8. The Balaban J connectivity index is 2.58. The number of aliphatic carboxylic acids is 2. The summed E-state index contributed by atoms with van der Waals surface area (Å²) >= 11 is 0. The zero-order valence-electron chi connectivity index (χ0n) is 10.8. The Morgan fingerprint density at radius 3 is 2.11 bits per heavy atom. The van der Waals surface area contributed by atoms with E-state index in [9.17, 15) is 24.6 Å². The molecule has 0 aromatic heterocycles. The van der Waals surface area contributed by atoms with Crippen LogP contribution < -0.4 is 0 Å². The fourth-order valence-electron chi connectivity index (χ4n) is 4.43. The van der Waals surface area contributed by atoms with Crippen molar-refractivity contribution in [1.29, 1.82) is 0 Å². The van der Waals surface area contributed by atoms with Gasteiger partial charge in [0.25, 0.3) is 0 Å². The minimum absolute atomic E-state index is 0.0985. The topological polar surface area (TPSA) is 91.7 Å². The lowest BCUT2D eigenvalue weighted by Crippen LogP contribution is -2.62. The molecule has 100 valence electrons. The van der Waals surface area contributed by atoms with Crippen molar-refractivity contribution in [3.8, 4) is 0 Å². The van der Waals surface area contributed by atoms with Gasteiger partial charge in [0.2, 0.25) is 0 Å². The third kappa shape index (κ3) is 1.56. The molecule has 18 heavy (non-hydrogen) atoms. The Bertz CT molecular complexity index is 437. The van der Waals surface area contributed by atoms with Gasteiger partial charge in [-0.15, -0.1) is 0 Å². The number of carboxylic acids is 2. The Kier molecular flexibility index (Phi) is 2.58. The van der Waals surface area contributed by atoms with Gasteiger partial charge in [-0.2, -0.15) is 0 Å². The van der Waals surface area contributed by atoms with Gasteiger partial charge in [0.15, 0.2) is 0 Å². The zero-order chi connectivity index (χ0) is 13.9. The molecule has 0 radical (unpaired) electrons. The van der Waals surface area contributed by atoms with E-state index in [4.69, 9.17) is 0 Å². The van der Waals surface area contributed by atoms with Crippen molar-refractivity contribution in [2.24, 2.45) is 28.6 Å². The fourth-order valence-corrected chi connectivity index (χ4v) is 4.43. The van der Waals surface area contributed by atoms with Crippen molar-refractivity contribution in [1.82, 2.24) is 0 Å². The highest BCUT2D eigenvalue weighted by molar-refractivity contribution is 5.94. The molecule has 0 aliphatic heterocycles. The lowest BCUT2D eigenvalue weighted by molar-refractivity contribution is -0.189. The summed E-state index contributed by atoms with van der Waals surface area (Å²) < 4.78 is 0. The van der Waals surface area contributed by atoms with Crippen molar-refractivity contribution in [3.63, 3.8) is 0 Å². The van der Waals surface area contributed by atoms with Crippen LogP contribution in [0, 0.1) is 28.6 Å². The smallest absolute Gasteiger partial charge is 0.308 e. The third-order valence-corrected chi connectivity index (χ3v) is 4.65. The first kappa shape index (κ1) is 13.1. The van der Waals surface area contributed by atoms with Crippen molar-refractivity contribution in [3.05, 3.63) is 0 Å². The lowest BCUT2D eigenvalue weighted by Gasteiger charge is -2.58. The first-order valence-corrected chi connectivity index (χ1v) is 6.08. The van der Waals surface area contributed by atoms with Gasteiger partial charge in [-0.3, -0.25) is 14.4 Å². The molecule has 4 atom stereocenters. The molecule has 5 nitrogen and oxygen atoms in total. The van der Waals surface area contributed by atoms with Gasteiger partial charge in [-0.1, -0.05) is 20.8 Å². The van der Waals surface area contributed by atoms with Crippen molar-refractivity contribution in [2.75, 3.05) is 0 Å². The van der Waals surface area contributed by atoms with Gasteiger partial charge in [-0.05, 0) is 17.3 Å². The molecular formula is C13H18O5. The number of carbonyl (C=O) groups excluding carboxylic acids is 1. The van der Waals surface area contributed by atoms with E-state index >= 15 is 0 Å². The largest absolute Gasteiger partial charge is 0.481 e. The molecule has 0 amide bonds. The number of fused-ring (bicyclic) bond motifs is 3. The first-order valence-electron chi connectivity index (χ1n) is 6.08. The maximum absolute atomic E-state index is 12.1. The number of carbonyl (C=O) groups is 3. The molecule has 5 heteroatoms. The number of rotatable bonds is 2. The van der Waals surface area contributed by atoms with Crippen LogP contribution in [0.1, 0.15) is 33.6 Å². The summed E-state index contributed by atoms with van der Waals surface area (Å²) in [5.41, 5.74) is -1.19. The standard InChI is InChI=1S/C13H18O5/c1-12(2)5-13(3)4-6(14)8(12)7(10(15)16)9(13)11(17)18/h7-9H,4-5H2,1-3H3,(H,15,16)(H,17,18)/t7-,8+,9+,13+/m0/s1.